The molecule has 1 aromatic rings. The fraction of sp³-hybridized carbons (Fsp3) is 0.588. The second-order valence-electron chi connectivity index (χ2n) is 7.52. The number of aromatic hydroxyl groups is 1. The summed E-state index contributed by atoms with van der Waals surface area (Å²) in [6, 6.07) is 3.88. The normalized spacial score (nSPS) is 11.2. The fourth-order valence-corrected chi connectivity index (χ4v) is 2.23. The predicted octanol–water partition coefficient (Wildman–Crippen LogP) is 3.76. The van der Waals surface area contributed by atoms with E-state index in [4.69, 9.17) is 11.8 Å². The van der Waals surface area contributed by atoms with Crippen LogP contribution in [0.25, 0.3) is 0 Å². The van der Waals surface area contributed by atoms with Crippen molar-refractivity contribution < 1.29 is 40.7 Å². The van der Waals surface area contributed by atoms with Gasteiger partial charge in [0.1, 0.15) is 5.75 Å². The van der Waals surface area contributed by atoms with Crippen LogP contribution in [0.1, 0.15) is 64.7 Å². The van der Waals surface area contributed by atoms with Crippen molar-refractivity contribution in [1.82, 2.24) is 0 Å². The summed E-state index contributed by atoms with van der Waals surface area (Å²) in [4.78, 5) is 10.8. The number of carboxylic acids is 1. The molecule has 0 radical (unpaired) electrons. The molecule has 0 spiro atoms. The Morgan fingerprint density at radius 1 is 1.00 bits per heavy atom. The van der Waals surface area contributed by atoms with E-state index in [0.29, 0.717) is 12.2 Å². The molecule has 0 aliphatic rings. The van der Waals surface area contributed by atoms with Gasteiger partial charge in [-0.3, -0.25) is 4.79 Å². The van der Waals surface area contributed by atoms with Gasteiger partial charge < -0.3 is 10.2 Å². The molecule has 2 N–H and O–H groups in total. The van der Waals surface area contributed by atoms with Crippen LogP contribution in [0.5, 0.6) is 5.75 Å². The van der Waals surface area contributed by atoms with Gasteiger partial charge >= 0.3 is 31.7 Å². The van der Waals surface area contributed by atoms with Crippen LogP contribution in [-0.2, 0) is 47.8 Å². The molecule has 0 atom stereocenters. The van der Waals surface area contributed by atoms with Crippen molar-refractivity contribution >= 4 is 5.97 Å². The topological polar surface area (TPSA) is 91.7 Å². The molecule has 6 heteroatoms. The van der Waals surface area contributed by atoms with Gasteiger partial charge in [-0.2, -0.15) is 0 Å². The molecule has 5 nitrogen and oxygen atoms in total. The third-order valence-corrected chi connectivity index (χ3v) is 3.41. The Balaban J connectivity index is 0.00000149. The molecular formula is C17H26O5Ti. The Bertz CT molecular complexity index is 553. The molecule has 0 aliphatic heterocycles. The summed E-state index contributed by atoms with van der Waals surface area (Å²) < 4.78 is 17.0. The van der Waals surface area contributed by atoms with Crippen LogP contribution in [0.3, 0.4) is 0 Å². The number of aryl methyl sites for hydroxylation is 1. The van der Waals surface area contributed by atoms with Gasteiger partial charge in [-0.1, -0.05) is 53.7 Å². The number of carbonyl (C=O) groups is 1. The van der Waals surface area contributed by atoms with Crippen molar-refractivity contribution in [2.45, 2.75) is 65.2 Å². The van der Waals surface area contributed by atoms with E-state index in [2.05, 4.69) is 41.5 Å². The first kappa shape index (κ1) is 21.8. The summed E-state index contributed by atoms with van der Waals surface area (Å²) >= 11 is -2.00. The number of hydrogen-bond donors (Lipinski definition) is 2. The van der Waals surface area contributed by atoms with Crippen LogP contribution in [0.2, 0.25) is 0 Å². The first-order valence-corrected chi connectivity index (χ1v) is 8.70. The summed E-state index contributed by atoms with van der Waals surface area (Å²) in [5.74, 6) is -0.461. The quantitative estimate of drug-likeness (QED) is 0.803. The van der Waals surface area contributed by atoms with Crippen LogP contribution in [0.15, 0.2) is 12.1 Å². The van der Waals surface area contributed by atoms with Gasteiger partial charge in [0.25, 0.3) is 0 Å². The molecule has 23 heavy (non-hydrogen) atoms. The van der Waals surface area contributed by atoms with Crippen LogP contribution in [0, 0.1) is 0 Å². The second kappa shape index (κ2) is 8.60. The third-order valence-electron chi connectivity index (χ3n) is 3.41. The second-order valence-corrected chi connectivity index (χ2v) is 7.78. The average Bonchev–Trinajstić information content (AvgIpc) is 2.35. The molecular weight excluding hydrogens is 332 g/mol. The van der Waals surface area contributed by atoms with Crippen LogP contribution in [0.4, 0.5) is 0 Å². The number of hydrogen-bond acceptors (Lipinski definition) is 4. The molecule has 0 bridgehead atoms. The van der Waals surface area contributed by atoms with Crippen LogP contribution < -0.4 is 0 Å². The average molecular weight is 358 g/mol. The van der Waals surface area contributed by atoms with Crippen molar-refractivity contribution in [3.05, 3.63) is 28.8 Å². The van der Waals surface area contributed by atoms with Gasteiger partial charge in [0.15, 0.2) is 0 Å². The first-order chi connectivity index (χ1) is 10.3. The Morgan fingerprint density at radius 2 is 1.35 bits per heavy atom. The van der Waals surface area contributed by atoms with Crippen molar-refractivity contribution in [2.24, 2.45) is 0 Å². The SMILES string of the molecule is CC(C)(C)c1cc(CCC(=O)O)cc(C(C)(C)C)c1O.[O]=[Ti]=[O]. The molecule has 0 amide bonds. The number of rotatable bonds is 3. The van der Waals surface area contributed by atoms with E-state index >= 15 is 0 Å². The minimum absolute atomic E-state index is 0.109. The van der Waals surface area contributed by atoms with Crippen LogP contribution in [-0.4, -0.2) is 16.2 Å². The molecule has 0 saturated heterocycles. The predicted molar refractivity (Wildman–Crippen MR) is 82.8 cm³/mol. The van der Waals surface area contributed by atoms with Crippen molar-refractivity contribution in [2.75, 3.05) is 0 Å². The van der Waals surface area contributed by atoms with Crippen molar-refractivity contribution in [3.8, 4) is 5.75 Å². The van der Waals surface area contributed by atoms with Crippen molar-refractivity contribution in [3.63, 3.8) is 0 Å². The van der Waals surface area contributed by atoms with Gasteiger partial charge in [-0.05, 0) is 33.9 Å². The molecule has 0 unspecified atom stereocenters. The summed E-state index contributed by atoms with van der Waals surface area (Å²) in [6.07, 6.45) is 0.597. The van der Waals surface area contributed by atoms with Gasteiger partial charge in [-0.15, -0.1) is 0 Å². The molecule has 0 aliphatic carbocycles. The van der Waals surface area contributed by atoms with Crippen molar-refractivity contribution in [1.29, 1.82) is 0 Å². The summed E-state index contributed by atoms with van der Waals surface area (Å²) in [7, 11) is 0. The maximum atomic E-state index is 10.8. The van der Waals surface area contributed by atoms with E-state index in [1.807, 2.05) is 12.1 Å². The van der Waals surface area contributed by atoms with Crippen LogP contribution >= 0.6 is 0 Å². The first-order valence-electron chi connectivity index (χ1n) is 7.42. The molecule has 0 heterocycles. The molecule has 0 saturated carbocycles. The monoisotopic (exact) mass is 358 g/mol. The molecule has 1 rings (SSSR count). The zero-order chi connectivity index (χ0) is 18.4. The number of phenols is 1. The van der Waals surface area contributed by atoms with E-state index in [0.717, 1.165) is 16.7 Å². The Labute approximate surface area is 146 Å². The molecule has 0 aromatic heterocycles. The van der Waals surface area contributed by atoms with Gasteiger partial charge in [0, 0.05) is 6.42 Å². The molecule has 128 valence electrons. The molecule has 0 fully saturated rings. The number of phenolic OH excluding ortho intramolecular Hbond substituents is 1. The number of benzene rings is 1. The van der Waals surface area contributed by atoms with Gasteiger partial charge in [0.05, 0.1) is 0 Å². The number of aliphatic carboxylic acids is 1. The zero-order valence-electron chi connectivity index (χ0n) is 14.7. The van der Waals surface area contributed by atoms with Gasteiger partial charge in [-0.25, -0.2) is 0 Å². The van der Waals surface area contributed by atoms with E-state index in [9.17, 15) is 9.90 Å². The molecule has 1 aromatic carbocycles. The number of carboxylic acid groups (broad SMARTS) is 1. The van der Waals surface area contributed by atoms with E-state index in [1.165, 1.54) is 0 Å². The zero-order valence-corrected chi connectivity index (χ0v) is 16.2. The van der Waals surface area contributed by atoms with E-state index in [-0.39, 0.29) is 17.3 Å². The Morgan fingerprint density at radius 3 is 1.61 bits per heavy atom. The Kier molecular flexibility index (Phi) is 8.15. The summed E-state index contributed by atoms with van der Waals surface area (Å²) in [5, 5.41) is 19.4. The standard InChI is InChI=1S/C17H26O3.2O.Ti/c1-16(2,3)12-9-11(7-8-14(18)19)10-13(15(12)20)17(4,5)6;;;/h9-10,20H,7-8H2,1-6H3,(H,18,19);;;. The Hall–Kier alpha value is -1.20. The third kappa shape index (κ3) is 7.27. The summed E-state index contributed by atoms with van der Waals surface area (Å²) in [5.41, 5.74) is 2.38. The fourth-order valence-electron chi connectivity index (χ4n) is 2.23. The maximum absolute atomic E-state index is 10.8. The van der Waals surface area contributed by atoms with E-state index in [1.54, 1.807) is 0 Å². The summed E-state index contributed by atoms with van der Waals surface area (Å²) in [6.45, 7) is 12.3. The van der Waals surface area contributed by atoms with E-state index < -0.39 is 25.1 Å². The minimum atomic E-state index is -2.00. The van der Waals surface area contributed by atoms with Gasteiger partial charge in [0.2, 0.25) is 0 Å².